The third-order valence-electron chi connectivity index (χ3n) is 10.6. The molecule has 54 heavy (non-hydrogen) atoms. The van der Waals surface area contributed by atoms with Crippen molar-refractivity contribution in [3.63, 3.8) is 0 Å². The summed E-state index contributed by atoms with van der Waals surface area (Å²) in [6.45, 7) is 4.80. The number of para-hydroxylation sites is 4. The van der Waals surface area contributed by atoms with Gasteiger partial charge in [-0.2, -0.15) is 5.26 Å². The summed E-state index contributed by atoms with van der Waals surface area (Å²) in [5.41, 5.74) is 13.9. The first-order chi connectivity index (χ1) is 26.7. The van der Waals surface area contributed by atoms with Crippen LogP contribution in [0.5, 0.6) is 5.75 Å². The van der Waals surface area contributed by atoms with Crippen molar-refractivity contribution < 1.29 is 4.74 Å². The molecule has 0 bridgehead atoms. The van der Waals surface area contributed by atoms with Crippen LogP contribution in [0, 0.1) is 11.3 Å². The lowest BCUT2D eigenvalue weighted by Crippen LogP contribution is -1.94. The maximum atomic E-state index is 9.41. The van der Waals surface area contributed by atoms with Crippen molar-refractivity contribution in [1.82, 2.24) is 9.13 Å². The van der Waals surface area contributed by atoms with Gasteiger partial charge < -0.3 is 13.9 Å². The van der Waals surface area contributed by atoms with E-state index in [4.69, 9.17) is 4.74 Å². The summed E-state index contributed by atoms with van der Waals surface area (Å²) in [5, 5.41) is 14.3. The number of aromatic nitrogens is 2. The van der Waals surface area contributed by atoms with Crippen molar-refractivity contribution in [2.45, 2.75) is 0 Å². The smallest absolute Gasteiger partial charge is 0.145 e. The van der Waals surface area contributed by atoms with Gasteiger partial charge in [0.15, 0.2) is 0 Å². The van der Waals surface area contributed by atoms with Crippen LogP contribution in [0.3, 0.4) is 0 Å². The van der Waals surface area contributed by atoms with Crippen molar-refractivity contribution in [2.75, 3.05) is 6.61 Å². The molecule has 10 rings (SSSR count). The van der Waals surface area contributed by atoms with Crippen molar-refractivity contribution in [3.8, 4) is 34.3 Å². The lowest BCUT2D eigenvalue weighted by molar-refractivity contribution is 0.387. The fourth-order valence-electron chi connectivity index (χ4n) is 8.04. The summed E-state index contributed by atoms with van der Waals surface area (Å²) in [6.07, 6.45) is 6.07. The highest BCUT2D eigenvalue weighted by Gasteiger charge is 2.20. The Kier molecular flexibility index (Phi) is 7.38. The van der Waals surface area contributed by atoms with Gasteiger partial charge in [-0.05, 0) is 89.0 Å². The average Bonchev–Trinajstić information content (AvgIpc) is 3.91. The normalized spacial score (nSPS) is 13.3. The zero-order valence-corrected chi connectivity index (χ0v) is 29.4. The van der Waals surface area contributed by atoms with Crippen LogP contribution in [-0.4, -0.2) is 15.7 Å². The van der Waals surface area contributed by atoms with Gasteiger partial charge in [0.05, 0.1) is 27.6 Å². The minimum Gasteiger partial charge on any atom is -0.487 e. The second kappa shape index (κ2) is 12.7. The van der Waals surface area contributed by atoms with Gasteiger partial charge in [0.1, 0.15) is 18.4 Å². The Balaban J connectivity index is 0.985. The molecular weight excluding hydrogens is 659 g/mol. The molecule has 9 aromatic rings. The number of benzene rings is 7. The van der Waals surface area contributed by atoms with Crippen molar-refractivity contribution >= 4 is 54.8 Å². The first-order valence-electron chi connectivity index (χ1n) is 18.1. The molecule has 254 valence electrons. The molecular formula is C50H33N3O. The largest absolute Gasteiger partial charge is 0.487 e. The molecule has 0 radical (unpaired) electrons. The van der Waals surface area contributed by atoms with E-state index in [1.54, 1.807) is 6.07 Å². The van der Waals surface area contributed by atoms with Crippen molar-refractivity contribution in [2.24, 2.45) is 0 Å². The number of ether oxygens (including phenoxy) is 1. The van der Waals surface area contributed by atoms with Gasteiger partial charge in [0, 0.05) is 44.1 Å². The fraction of sp³-hybridized carbons (Fsp3) is 0.0200. The predicted octanol–water partition coefficient (Wildman–Crippen LogP) is 12.5. The standard InChI is InChI=1S/C50H33N3O/c1-33(11-9-13-38-32-54-50-37(31-51)12-10-18-41(38)50)34-21-25-40(26-22-34)53-47-20-8-6-17-43(47)45-30-36(24-28-49(45)53)35-23-27-48-44(29-35)42-16-5-7-19-46(42)52(48)39-14-3-2-4-15-39/h2-30H,1,32H2/b11-9-,38-13+. The van der Waals surface area contributed by atoms with Crippen LogP contribution >= 0.6 is 0 Å². The molecule has 0 saturated heterocycles. The highest BCUT2D eigenvalue weighted by atomic mass is 16.5. The van der Waals surface area contributed by atoms with Crippen LogP contribution in [0.4, 0.5) is 0 Å². The van der Waals surface area contributed by atoms with Crippen LogP contribution in [0.25, 0.3) is 77.3 Å². The van der Waals surface area contributed by atoms with E-state index in [2.05, 4.69) is 161 Å². The van der Waals surface area contributed by atoms with Gasteiger partial charge in [-0.15, -0.1) is 0 Å². The number of allylic oxidation sites excluding steroid dienone is 4. The zero-order chi connectivity index (χ0) is 36.2. The van der Waals surface area contributed by atoms with Crippen LogP contribution in [0.15, 0.2) is 183 Å². The number of hydrogen-bond donors (Lipinski definition) is 0. The number of nitriles is 1. The zero-order valence-electron chi connectivity index (χ0n) is 29.4. The van der Waals surface area contributed by atoms with Crippen LogP contribution in [0.1, 0.15) is 16.7 Å². The molecule has 0 fully saturated rings. The van der Waals surface area contributed by atoms with Crippen molar-refractivity contribution in [3.05, 3.63) is 199 Å². The Morgan fingerprint density at radius 3 is 1.80 bits per heavy atom. The molecule has 4 heteroatoms. The minimum atomic E-state index is 0.454. The van der Waals surface area contributed by atoms with Gasteiger partial charge in [0.2, 0.25) is 0 Å². The van der Waals surface area contributed by atoms with Gasteiger partial charge in [0.25, 0.3) is 0 Å². The van der Waals surface area contributed by atoms with Crippen LogP contribution < -0.4 is 4.74 Å². The third kappa shape index (κ3) is 5.06. The second-order valence-corrected chi connectivity index (χ2v) is 13.7. The number of rotatable bonds is 6. The van der Waals surface area contributed by atoms with Gasteiger partial charge >= 0.3 is 0 Å². The van der Waals surface area contributed by atoms with Gasteiger partial charge in [-0.3, -0.25) is 0 Å². The lowest BCUT2D eigenvalue weighted by atomic mass is 10.0. The molecule has 0 amide bonds. The van der Waals surface area contributed by atoms with E-state index in [1.165, 1.54) is 54.7 Å². The lowest BCUT2D eigenvalue weighted by Gasteiger charge is -2.10. The number of fused-ring (bicyclic) bond motifs is 7. The highest BCUT2D eigenvalue weighted by Crippen LogP contribution is 2.39. The summed E-state index contributed by atoms with van der Waals surface area (Å²) in [7, 11) is 0. The van der Waals surface area contributed by atoms with Crippen molar-refractivity contribution in [1.29, 1.82) is 5.26 Å². The third-order valence-corrected chi connectivity index (χ3v) is 10.6. The summed E-state index contributed by atoms with van der Waals surface area (Å²) in [6, 6.07) is 58.2. The molecule has 1 aliphatic heterocycles. The molecule has 0 unspecified atom stereocenters. The molecule has 0 N–H and O–H groups in total. The quantitative estimate of drug-likeness (QED) is 0.163. The first kappa shape index (κ1) is 31.4. The summed E-state index contributed by atoms with van der Waals surface area (Å²) < 4.78 is 10.5. The van der Waals surface area contributed by atoms with E-state index < -0.39 is 0 Å². The molecule has 1 aliphatic rings. The highest BCUT2D eigenvalue weighted by molar-refractivity contribution is 6.12. The molecule has 4 nitrogen and oxygen atoms in total. The van der Waals surface area contributed by atoms with E-state index in [0.29, 0.717) is 17.9 Å². The van der Waals surface area contributed by atoms with E-state index in [0.717, 1.165) is 33.6 Å². The van der Waals surface area contributed by atoms with E-state index in [9.17, 15) is 5.26 Å². The van der Waals surface area contributed by atoms with E-state index >= 15 is 0 Å². The summed E-state index contributed by atoms with van der Waals surface area (Å²) in [5.74, 6) is 0.667. The maximum absolute atomic E-state index is 9.41. The van der Waals surface area contributed by atoms with Crippen LogP contribution in [0.2, 0.25) is 0 Å². The molecule has 2 aromatic heterocycles. The van der Waals surface area contributed by atoms with E-state index in [-0.39, 0.29) is 0 Å². The SMILES string of the molecule is C=C(/C=C\C=C1/COc2c(C#N)cccc21)c1ccc(-n2c3ccccc3c3cc(-c4ccc5c(c4)c4ccccc4n5-c4ccccc4)ccc32)cc1. The molecule has 3 heterocycles. The Labute approximate surface area is 313 Å². The van der Waals surface area contributed by atoms with Gasteiger partial charge in [-0.25, -0.2) is 0 Å². The summed E-state index contributed by atoms with van der Waals surface area (Å²) in [4.78, 5) is 0. The minimum absolute atomic E-state index is 0.454. The number of hydrogen-bond acceptors (Lipinski definition) is 2. The Bertz CT molecular complexity index is 3060. The maximum Gasteiger partial charge on any atom is 0.145 e. The second-order valence-electron chi connectivity index (χ2n) is 13.7. The molecule has 0 spiro atoms. The number of nitrogens with zero attached hydrogens (tertiary/aromatic N) is 3. The summed E-state index contributed by atoms with van der Waals surface area (Å²) >= 11 is 0. The molecule has 0 atom stereocenters. The monoisotopic (exact) mass is 691 g/mol. The molecule has 0 aliphatic carbocycles. The predicted molar refractivity (Wildman–Crippen MR) is 223 cm³/mol. The molecule has 7 aromatic carbocycles. The molecule has 0 saturated carbocycles. The van der Waals surface area contributed by atoms with E-state index in [1.807, 2.05) is 30.4 Å². The van der Waals surface area contributed by atoms with Gasteiger partial charge in [-0.1, -0.05) is 116 Å². The Hall–Kier alpha value is -7.35. The van der Waals surface area contributed by atoms with Crippen LogP contribution in [-0.2, 0) is 0 Å². The average molecular weight is 692 g/mol. The topological polar surface area (TPSA) is 42.9 Å². The first-order valence-corrected chi connectivity index (χ1v) is 18.1. The fourth-order valence-corrected chi connectivity index (χ4v) is 8.04. The Morgan fingerprint density at radius 1 is 0.593 bits per heavy atom. The Morgan fingerprint density at radius 2 is 1.17 bits per heavy atom.